The molecule has 0 radical (unpaired) electrons. The van der Waals surface area contributed by atoms with Crippen molar-refractivity contribution in [3.8, 4) is 0 Å². The van der Waals surface area contributed by atoms with Crippen molar-refractivity contribution in [2.75, 3.05) is 5.32 Å². The van der Waals surface area contributed by atoms with Crippen LogP contribution in [0.4, 0.5) is 5.13 Å². The van der Waals surface area contributed by atoms with E-state index in [0.29, 0.717) is 18.0 Å². The quantitative estimate of drug-likeness (QED) is 0.643. The Labute approximate surface area is 154 Å². The minimum absolute atomic E-state index is 0.0601. The van der Waals surface area contributed by atoms with Crippen LogP contribution in [-0.2, 0) is 18.3 Å². The molecule has 2 heterocycles. The standard InChI is InChI=1S/C17H19N5OS2/c1-3-13(15(23)19-16-18-9-10-24-16)25-17-21-20-14(22(17)2)11-12-7-5-4-6-8-12/h4-10,13H,3,11H2,1-2H3,(H,18,19,23). The molecule has 1 amide bonds. The summed E-state index contributed by atoms with van der Waals surface area (Å²) in [5, 5.41) is 14.4. The molecule has 0 aliphatic carbocycles. The van der Waals surface area contributed by atoms with Gasteiger partial charge in [-0.1, -0.05) is 49.0 Å². The molecule has 0 aliphatic rings. The Bertz CT molecular complexity index is 817. The minimum Gasteiger partial charge on any atom is -0.309 e. The molecule has 6 nitrogen and oxygen atoms in total. The summed E-state index contributed by atoms with van der Waals surface area (Å²) in [6, 6.07) is 10.2. The average Bonchev–Trinajstić information content (AvgIpc) is 3.25. The first-order chi connectivity index (χ1) is 12.2. The van der Waals surface area contributed by atoms with Gasteiger partial charge in [-0.3, -0.25) is 4.79 Å². The highest BCUT2D eigenvalue weighted by molar-refractivity contribution is 8.00. The summed E-state index contributed by atoms with van der Waals surface area (Å²) in [6.45, 7) is 1.99. The van der Waals surface area contributed by atoms with Crippen molar-refractivity contribution in [1.82, 2.24) is 19.7 Å². The molecule has 1 atom stereocenters. The lowest BCUT2D eigenvalue weighted by Crippen LogP contribution is -2.24. The molecule has 0 saturated heterocycles. The molecule has 3 rings (SSSR count). The van der Waals surface area contributed by atoms with Gasteiger partial charge in [-0.2, -0.15) is 0 Å². The van der Waals surface area contributed by atoms with Crippen molar-refractivity contribution >= 4 is 34.1 Å². The second-order valence-electron chi connectivity index (χ2n) is 5.46. The van der Waals surface area contributed by atoms with E-state index in [9.17, 15) is 4.79 Å². The van der Waals surface area contributed by atoms with Gasteiger partial charge in [0.15, 0.2) is 10.3 Å². The number of nitrogens with zero attached hydrogens (tertiary/aromatic N) is 4. The summed E-state index contributed by atoms with van der Waals surface area (Å²) in [7, 11) is 1.94. The second-order valence-corrected chi connectivity index (χ2v) is 7.53. The first kappa shape index (κ1) is 17.6. The maximum atomic E-state index is 12.4. The van der Waals surface area contributed by atoms with E-state index in [1.165, 1.54) is 28.7 Å². The van der Waals surface area contributed by atoms with Crippen molar-refractivity contribution in [2.45, 2.75) is 30.2 Å². The highest BCUT2D eigenvalue weighted by Crippen LogP contribution is 2.26. The first-order valence-corrected chi connectivity index (χ1v) is 9.72. The van der Waals surface area contributed by atoms with E-state index in [0.717, 1.165) is 11.0 Å². The van der Waals surface area contributed by atoms with E-state index < -0.39 is 0 Å². The number of hydrogen-bond donors (Lipinski definition) is 1. The Hall–Kier alpha value is -2.19. The lowest BCUT2D eigenvalue weighted by Gasteiger charge is -2.13. The number of amides is 1. The molecule has 0 bridgehead atoms. The van der Waals surface area contributed by atoms with Crippen molar-refractivity contribution in [3.63, 3.8) is 0 Å². The molecule has 1 N–H and O–H groups in total. The average molecular weight is 374 g/mol. The van der Waals surface area contributed by atoms with Crippen LogP contribution in [0.3, 0.4) is 0 Å². The molecular formula is C17H19N5OS2. The number of benzene rings is 1. The molecule has 3 aromatic rings. The van der Waals surface area contributed by atoms with Gasteiger partial charge in [-0.15, -0.1) is 21.5 Å². The minimum atomic E-state index is -0.239. The van der Waals surface area contributed by atoms with Gasteiger partial charge in [-0.25, -0.2) is 4.98 Å². The lowest BCUT2D eigenvalue weighted by molar-refractivity contribution is -0.115. The summed E-state index contributed by atoms with van der Waals surface area (Å²) in [5.41, 5.74) is 1.18. The van der Waals surface area contributed by atoms with E-state index >= 15 is 0 Å². The van der Waals surface area contributed by atoms with Crippen molar-refractivity contribution in [2.24, 2.45) is 7.05 Å². The van der Waals surface area contributed by atoms with Crippen LogP contribution in [0.15, 0.2) is 47.1 Å². The van der Waals surface area contributed by atoms with Crippen LogP contribution in [0.25, 0.3) is 0 Å². The number of aromatic nitrogens is 4. The predicted molar refractivity (Wildman–Crippen MR) is 101 cm³/mol. The third kappa shape index (κ3) is 4.46. The molecule has 8 heteroatoms. The van der Waals surface area contributed by atoms with Crippen LogP contribution < -0.4 is 5.32 Å². The number of nitrogens with one attached hydrogen (secondary N) is 1. The maximum Gasteiger partial charge on any atom is 0.239 e. The normalized spacial score (nSPS) is 12.1. The maximum absolute atomic E-state index is 12.4. The summed E-state index contributed by atoms with van der Waals surface area (Å²) in [4.78, 5) is 16.5. The number of thioether (sulfide) groups is 1. The molecule has 130 valence electrons. The Balaban J connectivity index is 1.68. The molecule has 0 spiro atoms. The summed E-state index contributed by atoms with van der Waals surface area (Å²) in [6.07, 6.45) is 3.09. The zero-order valence-electron chi connectivity index (χ0n) is 14.0. The number of hydrogen-bond acceptors (Lipinski definition) is 6. The zero-order chi connectivity index (χ0) is 17.6. The van der Waals surface area contributed by atoms with Crippen LogP contribution in [0.1, 0.15) is 24.7 Å². The molecule has 1 unspecified atom stereocenters. The van der Waals surface area contributed by atoms with Crippen LogP contribution in [0.5, 0.6) is 0 Å². The first-order valence-electron chi connectivity index (χ1n) is 7.96. The SMILES string of the molecule is CCC(Sc1nnc(Cc2ccccc2)n1C)C(=O)Nc1nccs1. The largest absolute Gasteiger partial charge is 0.309 e. The van der Waals surface area contributed by atoms with Gasteiger partial charge < -0.3 is 9.88 Å². The number of anilines is 1. The fourth-order valence-electron chi connectivity index (χ4n) is 2.30. The van der Waals surface area contributed by atoms with Gasteiger partial charge >= 0.3 is 0 Å². The van der Waals surface area contributed by atoms with Crippen LogP contribution >= 0.6 is 23.1 Å². The van der Waals surface area contributed by atoms with Gasteiger partial charge in [0.2, 0.25) is 5.91 Å². The third-order valence-corrected chi connectivity index (χ3v) is 5.79. The van der Waals surface area contributed by atoms with Gasteiger partial charge in [0.1, 0.15) is 5.82 Å². The molecule has 0 saturated carbocycles. The molecular weight excluding hydrogens is 354 g/mol. The predicted octanol–water partition coefficient (Wildman–Crippen LogP) is 3.37. The van der Waals surface area contributed by atoms with E-state index in [1.807, 2.05) is 42.1 Å². The highest BCUT2D eigenvalue weighted by Gasteiger charge is 2.22. The highest BCUT2D eigenvalue weighted by atomic mass is 32.2. The van der Waals surface area contributed by atoms with Crippen molar-refractivity contribution < 1.29 is 4.79 Å². The number of rotatable bonds is 7. The fraction of sp³-hybridized carbons (Fsp3) is 0.294. The summed E-state index contributed by atoms with van der Waals surface area (Å²) in [5.74, 6) is 0.818. The van der Waals surface area contributed by atoms with Crippen LogP contribution in [0, 0.1) is 0 Å². The van der Waals surface area contributed by atoms with Crippen LogP contribution in [0.2, 0.25) is 0 Å². The van der Waals surface area contributed by atoms with Gasteiger partial charge in [0, 0.05) is 25.0 Å². The Kier molecular flexibility index (Phi) is 5.83. The summed E-state index contributed by atoms with van der Waals surface area (Å²) < 4.78 is 1.96. The third-order valence-electron chi connectivity index (χ3n) is 3.70. The molecule has 0 aliphatic heterocycles. The van der Waals surface area contributed by atoms with Crippen molar-refractivity contribution in [3.05, 3.63) is 53.3 Å². The Morgan fingerprint density at radius 1 is 1.32 bits per heavy atom. The Morgan fingerprint density at radius 3 is 2.80 bits per heavy atom. The molecule has 0 fully saturated rings. The Morgan fingerprint density at radius 2 is 2.12 bits per heavy atom. The fourth-order valence-corrected chi connectivity index (χ4v) is 3.77. The van der Waals surface area contributed by atoms with Crippen molar-refractivity contribution in [1.29, 1.82) is 0 Å². The number of thiazole rings is 1. The second kappa shape index (κ2) is 8.26. The monoisotopic (exact) mass is 373 g/mol. The van der Waals surface area contributed by atoms with Gasteiger partial charge in [0.25, 0.3) is 0 Å². The lowest BCUT2D eigenvalue weighted by atomic mass is 10.1. The number of carbonyl (C=O) groups is 1. The van der Waals surface area contributed by atoms with E-state index in [1.54, 1.807) is 6.20 Å². The van der Waals surface area contributed by atoms with Gasteiger partial charge in [0.05, 0.1) is 5.25 Å². The molecule has 2 aromatic heterocycles. The topological polar surface area (TPSA) is 72.7 Å². The molecule has 25 heavy (non-hydrogen) atoms. The molecule has 1 aromatic carbocycles. The van der Waals surface area contributed by atoms with Crippen LogP contribution in [-0.4, -0.2) is 30.9 Å². The smallest absolute Gasteiger partial charge is 0.239 e. The number of carbonyl (C=O) groups excluding carboxylic acids is 1. The van der Waals surface area contributed by atoms with E-state index in [2.05, 4.69) is 32.6 Å². The zero-order valence-corrected chi connectivity index (χ0v) is 15.7. The van der Waals surface area contributed by atoms with E-state index in [-0.39, 0.29) is 11.2 Å². The van der Waals surface area contributed by atoms with Gasteiger partial charge in [-0.05, 0) is 12.0 Å². The summed E-state index contributed by atoms with van der Waals surface area (Å²) >= 11 is 2.84. The van der Waals surface area contributed by atoms with E-state index in [4.69, 9.17) is 0 Å².